The fourth-order valence-corrected chi connectivity index (χ4v) is 1.70. The van der Waals surface area contributed by atoms with Crippen molar-refractivity contribution in [3.8, 4) is 6.07 Å². The summed E-state index contributed by atoms with van der Waals surface area (Å²) in [7, 11) is -0.800. The van der Waals surface area contributed by atoms with E-state index in [1.165, 1.54) is 0 Å². The van der Waals surface area contributed by atoms with Gasteiger partial charge in [-0.05, 0) is 18.6 Å². The Morgan fingerprint density at radius 2 is 2.27 bits per heavy atom. The fourth-order valence-electron chi connectivity index (χ4n) is 1.32. The fraction of sp³-hybridized carbons (Fsp3) is 0.364. The van der Waals surface area contributed by atoms with Gasteiger partial charge in [0.05, 0.1) is 11.3 Å². The Morgan fingerprint density at radius 3 is 2.87 bits per heavy atom. The number of hydrogen-bond donors (Lipinski definition) is 1. The third-order valence-electron chi connectivity index (χ3n) is 2.08. The van der Waals surface area contributed by atoms with Crippen molar-refractivity contribution in [1.29, 1.82) is 5.26 Å². The van der Waals surface area contributed by atoms with E-state index < -0.39 is 10.8 Å². The molecule has 1 atom stereocenters. The van der Waals surface area contributed by atoms with Crippen LogP contribution >= 0.6 is 0 Å². The van der Waals surface area contributed by atoms with E-state index in [9.17, 15) is 4.21 Å². The molecule has 0 aromatic heterocycles. The van der Waals surface area contributed by atoms with Crippen LogP contribution in [-0.2, 0) is 10.8 Å². The number of nitriles is 1. The number of para-hydroxylation sites is 1. The molecule has 3 nitrogen and oxygen atoms in total. The van der Waals surface area contributed by atoms with Crippen molar-refractivity contribution in [2.24, 2.45) is 0 Å². The first-order valence-electron chi connectivity index (χ1n) is 4.68. The summed E-state index contributed by atoms with van der Waals surface area (Å²) in [4.78, 5) is 0. The first kappa shape index (κ1) is 11.7. The van der Waals surface area contributed by atoms with Gasteiger partial charge in [-0.1, -0.05) is 12.1 Å². The van der Waals surface area contributed by atoms with E-state index in [1.54, 1.807) is 12.3 Å². The summed E-state index contributed by atoms with van der Waals surface area (Å²) in [5.41, 5.74) is 2.53. The van der Waals surface area contributed by atoms with E-state index in [4.69, 9.17) is 5.26 Å². The van der Waals surface area contributed by atoms with E-state index in [0.717, 1.165) is 11.3 Å². The second-order valence-electron chi connectivity index (χ2n) is 3.31. The minimum atomic E-state index is -0.800. The molecule has 0 heterocycles. The highest BCUT2D eigenvalue weighted by Gasteiger charge is 2.03. The average molecular weight is 222 g/mol. The minimum absolute atomic E-state index is 0.596. The van der Waals surface area contributed by atoms with Gasteiger partial charge < -0.3 is 5.32 Å². The SMILES string of the molecule is Cc1cccc(C#N)c1NCCS(C)=O. The van der Waals surface area contributed by atoms with Gasteiger partial charge in [0.25, 0.3) is 0 Å². The molecule has 0 aliphatic rings. The summed E-state index contributed by atoms with van der Waals surface area (Å²) in [5, 5.41) is 12.0. The van der Waals surface area contributed by atoms with E-state index in [0.29, 0.717) is 17.9 Å². The van der Waals surface area contributed by atoms with Crippen LogP contribution in [-0.4, -0.2) is 22.8 Å². The second-order valence-corrected chi connectivity index (χ2v) is 4.87. The third kappa shape index (κ3) is 3.37. The summed E-state index contributed by atoms with van der Waals surface area (Å²) in [6.07, 6.45) is 1.67. The second kappa shape index (κ2) is 5.52. The molecule has 0 aliphatic carbocycles. The molecule has 0 aliphatic heterocycles. The molecule has 80 valence electrons. The molecular weight excluding hydrogens is 208 g/mol. The molecule has 0 saturated carbocycles. The maximum atomic E-state index is 10.9. The normalized spacial score (nSPS) is 11.8. The minimum Gasteiger partial charge on any atom is -0.383 e. The molecule has 0 radical (unpaired) electrons. The predicted molar refractivity (Wildman–Crippen MR) is 63.3 cm³/mol. The van der Waals surface area contributed by atoms with Crippen LogP contribution < -0.4 is 5.32 Å². The lowest BCUT2D eigenvalue weighted by atomic mass is 10.1. The zero-order chi connectivity index (χ0) is 11.3. The van der Waals surface area contributed by atoms with Crippen molar-refractivity contribution in [3.63, 3.8) is 0 Å². The summed E-state index contributed by atoms with van der Waals surface area (Å²) in [5.74, 6) is 0.596. The Kier molecular flexibility index (Phi) is 4.32. The number of hydrogen-bond acceptors (Lipinski definition) is 3. The van der Waals surface area contributed by atoms with Gasteiger partial charge in [-0.25, -0.2) is 0 Å². The van der Waals surface area contributed by atoms with Gasteiger partial charge in [-0.2, -0.15) is 5.26 Å². The largest absolute Gasteiger partial charge is 0.383 e. The van der Waals surface area contributed by atoms with E-state index in [2.05, 4.69) is 11.4 Å². The quantitative estimate of drug-likeness (QED) is 0.843. The van der Waals surface area contributed by atoms with Crippen molar-refractivity contribution in [2.75, 3.05) is 23.9 Å². The van der Waals surface area contributed by atoms with Crippen molar-refractivity contribution in [1.82, 2.24) is 0 Å². The highest BCUT2D eigenvalue weighted by Crippen LogP contribution is 2.19. The first-order chi connectivity index (χ1) is 7.15. The molecule has 0 fully saturated rings. The molecule has 15 heavy (non-hydrogen) atoms. The number of nitrogens with zero attached hydrogens (tertiary/aromatic N) is 1. The van der Waals surface area contributed by atoms with Crippen molar-refractivity contribution in [3.05, 3.63) is 29.3 Å². The molecule has 0 saturated heterocycles. The molecule has 1 unspecified atom stereocenters. The molecule has 1 aromatic carbocycles. The smallest absolute Gasteiger partial charge is 0.101 e. The Bertz CT molecular complexity index is 410. The highest BCUT2D eigenvalue weighted by atomic mass is 32.2. The molecular formula is C11H14N2OS. The number of rotatable bonds is 4. The van der Waals surface area contributed by atoms with Gasteiger partial charge in [-0.3, -0.25) is 4.21 Å². The average Bonchev–Trinajstić information content (AvgIpc) is 2.20. The number of anilines is 1. The molecule has 0 bridgehead atoms. The molecule has 1 N–H and O–H groups in total. The Morgan fingerprint density at radius 1 is 1.53 bits per heavy atom. The van der Waals surface area contributed by atoms with Gasteiger partial charge in [0.1, 0.15) is 6.07 Å². The number of benzene rings is 1. The van der Waals surface area contributed by atoms with Gasteiger partial charge in [0.15, 0.2) is 0 Å². The Balaban J connectivity index is 2.76. The highest BCUT2D eigenvalue weighted by molar-refractivity contribution is 7.84. The molecule has 1 rings (SSSR count). The van der Waals surface area contributed by atoms with Crippen LogP contribution in [0.15, 0.2) is 18.2 Å². The lowest BCUT2D eigenvalue weighted by Crippen LogP contribution is -2.11. The molecule has 1 aromatic rings. The number of nitrogens with one attached hydrogen (secondary N) is 1. The Hall–Kier alpha value is -1.34. The summed E-state index contributed by atoms with van der Waals surface area (Å²) in [6.45, 7) is 2.58. The monoisotopic (exact) mass is 222 g/mol. The van der Waals surface area contributed by atoms with Crippen LogP contribution in [0.5, 0.6) is 0 Å². The van der Waals surface area contributed by atoms with Crippen LogP contribution in [0.2, 0.25) is 0 Å². The zero-order valence-corrected chi connectivity index (χ0v) is 9.73. The van der Waals surface area contributed by atoms with Crippen molar-refractivity contribution >= 4 is 16.5 Å². The van der Waals surface area contributed by atoms with Crippen molar-refractivity contribution < 1.29 is 4.21 Å². The predicted octanol–water partition coefficient (Wildman–Crippen LogP) is 1.66. The van der Waals surface area contributed by atoms with Gasteiger partial charge in [-0.15, -0.1) is 0 Å². The van der Waals surface area contributed by atoms with Crippen LogP contribution in [0.25, 0.3) is 0 Å². The van der Waals surface area contributed by atoms with Gasteiger partial charge in [0.2, 0.25) is 0 Å². The topological polar surface area (TPSA) is 52.9 Å². The maximum absolute atomic E-state index is 10.9. The van der Waals surface area contributed by atoms with Crippen LogP contribution in [0.4, 0.5) is 5.69 Å². The van der Waals surface area contributed by atoms with E-state index in [1.807, 2.05) is 19.1 Å². The van der Waals surface area contributed by atoms with Gasteiger partial charge >= 0.3 is 0 Å². The standard InChI is InChI=1S/C11H14N2OS/c1-9-4-3-5-10(8-12)11(9)13-6-7-15(2)14/h3-5,13H,6-7H2,1-2H3. The summed E-state index contributed by atoms with van der Waals surface area (Å²) < 4.78 is 10.9. The van der Waals surface area contributed by atoms with Crippen LogP contribution in [0.3, 0.4) is 0 Å². The Labute approximate surface area is 92.6 Å². The number of aryl methyl sites for hydroxylation is 1. The summed E-state index contributed by atoms with van der Waals surface area (Å²) >= 11 is 0. The van der Waals surface area contributed by atoms with E-state index >= 15 is 0 Å². The third-order valence-corrected chi connectivity index (χ3v) is 2.86. The van der Waals surface area contributed by atoms with Gasteiger partial charge in [0, 0.05) is 29.4 Å². The van der Waals surface area contributed by atoms with E-state index in [-0.39, 0.29) is 0 Å². The van der Waals surface area contributed by atoms with Crippen molar-refractivity contribution in [2.45, 2.75) is 6.92 Å². The lowest BCUT2D eigenvalue weighted by Gasteiger charge is -2.10. The first-order valence-corrected chi connectivity index (χ1v) is 6.41. The lowest BCUT2D eigenvalue weighted by molar-refractivity contribution is 0.687. The maximum Gasteiger partial charge on any atom is 0.101 e. The molecule has 0 spiro atoms. The molecule has 0 amide bonds. The van der Waals surface area contributed by atoms with Crippen LogP contribution in [0, 0.1) is 18.3 Å². The zero-order valence-electron chi connectivity index (χ0n) is 8.91. The molecule has 4 heteroatoms. The van der Waals surface area contributed by atoms with Crippen LogP contribution in [0.1, 0.15) is 11.1 Å². The summed E-state index contributed by atoms with van der Waals surface area (Å²) in [6, 6.07) is 7.72.